The lowest BCUT2D eigenvalue weighted by molar-refractivity contribution is -0.125. The van der Waals surface area contributed by atoms with Gasteiger partial charge in [-0.1, -0.05) is 26.8 Å². The molecule has 21 heavy (non-hydrogen) atoms. The van der Waals surface area contributed by atoms with Crippen molar-refractivity contribution in [2.24, 2.45) is 5.41 Å². The zero-order chi connectivity index (χ0) is 15.5. The molecule has 110 valence electrons. The summed E-state index contributed by atoms with van der Waals surface area (Å²) in [5.74, 6) is -0.332. The quantitative estimate of drug-likeness (QED) is 0.860. The molecule has 0 unspecified atom stereocenters. The predicted octanol–water partition coefficient (Wildman–Crippen LogP) is 3.80. The molecule has 1 heterocycles. The summed E-state index contributed by atoms with van der Waals surface area (Å²) in [5, 5.41) is 0. The molecule has 4 heteroatoms. The van der Waals surface area contributed by atoms with E-state index in [1.165, 1.54) is 12.1 Å². The number of amides is 1. The Labute approximate surface area is 124 Å². The smallest absolute Gasteiger partial charge is 0.232 e. The third-order valence-electron chi connectivity index (χ3n) is 3.09. The number of hydrogen-bond donors (Lipinski definition) is 0. The highest BCUT2D eigenvalue weighted by Crippen LogP contribution is 2.25. The number of benzene rings is 1. The highest BCUT2D eigenvalue weighted by Gasteiger charge is 2.28. The van der Waals surface area contributed by atoms with Gasteiger partial charge in [-0.2, -0.15) is 0 Å². The number of carbonyl (C=O) groups excluding carboxylic acids is 1. The van der Waals surface area contributed by atoms with Gasteiger partial charge in [0.05, 0.1) is 6.54 Å². The number of halogens is 1. The summed E-state index contributed by atoms with van der Waals surface area (Å²) in [6, 6.07) is 9.72. The number of pyridine rings is 1. The molecule has 2 rings (SSSR count). The van der Waals surface area contributed by atoms with Gasteiger partial charge in [0.2, 0.25) is 5.91 Å². The second-order valence-corrected chi connectivity index (χ2v) is 5.98. The lowest BCUT2D eigenvalue weighted by Gasteiger charge is -2.29. The van der Waals surface area contributed by atoms with Crippen molar-refractivity contribution < 1.29 is 9.18 Å². The number of nitrogens with zero attached hydrogens (tertiary/aromatic N) is 2. The third kappa shape index (κ3) is 3.88. The van der Waals surface area contributed by atoms with Crippen LogP contribution in [-0.2, 0) is 11.3 Å². The number of hydrogen-bond acceptors (Lipinski definition) is 2. The van der Waals surface area contributed by atoms with Gasteiger partial charge in [0.25, 0.3) is 0 Å². The lowest BCUT2D eigenvalue weighted by Crippen LogP contribution is -2.39. The van der Waals surface area contributed by atoms with Crippen molar-refractivity contribution in [1.29, 1.82) is 0 Å². The van der Waals surface area contributed by atoms with Crippen molar-refractivity contribution >= 4 is 11.6 Å². The van der Waals surface area contributed by atoms with E-state index in [0.29, 0.717) is 12.2 Å². The molecule has 3 nitrogen and oxygen atoms in total. The second-order valence-electron chi connectivity index (χ2n) is 5.98. The van der Waals surface area contributed by atoms with Gasteiger partial charge in [-0.3, -0.25) is 9.78 Å². The first-order valence-electron chi connectivity index (χ1n) is 6.84. The fourth-order valence-electron chi connectivity index (χ4n) is 1.98. The maximum atomic E-state index is 13.1. The first kappa shape index (κ1) is 15.2. The highest BCUT2D eigenvalue weighted by molar-refractivity contribution is 5.96. The zero-order valence-corrected chi connectivity index (χ0v) is 12.5. The van der Waals surface area contributed by atoms with Crippen molar-refractivity contribution in [1.82, 2.24) is 4.98 Å². The van der Waals surface area contributed by atoms with Gasteiger partial charge >= 0.3 is 0 Å². The van der Waals surface area contributed by atoms with Gasteiger partial charge in [-0.25, -0.2) is 4.39 Å². The molecular formula is C17H19FN2O. The Hall–Kier alpha value is -2.23. The zero-order valence-electron chi connectivity index (χ0n) is 12.5. The van der Waals surface area contributed by atoms with E-state index in [9.17, 15) is 9.18 Å². The normalized spacial score (nSPS) is 11.2. The molecule has 0 bridgehead atoms. The number of aromatic nitrogens is 1. The first-order valence-corrected chi connectivity index (χ1v) is 6.84. The van der Waals surface area contributed by atoms with Gasteiger partial charge in [-0.05, 0) is 35.9 Å². The minimum atomic E-state index is -0.517. The Kier molecular flexibility index (Phi) is 4.36. The van der Waals surface area contributed by atoms with Gasteiger partial charge in [0.1, 0.15) is 5.82 Å². The van der Waals surface area contributed by atoms with Crippen molar-refractivity contribution in [3.63, 3.8) is 0 Å². The number of anilines is 1. The molecule has 0 aliphatic carbocycles. The minimum absolute atomic E-state index is 0.0158. The van der Waals surface area contributed by atoms with E-state index in [2.05, 4.69) is 4.98 Å². The molecular weight excluding hydrogens is 267 g/mol. The molecule has 1 amide bonds. The van der Waals surface area contributed by atoms with Crippen LogP contribution < -0.4 is 4.90 Å². The summed E-state index contributed by atoms with van der Waals surface area (Å²) in [6.07, 6.45) is 3.42. The van der Waals surface area contributed by atoms with Crippen LogP contribution in [0.3, 0.4) is 0 Å². The molecule has 1 aromatic heterocycles. The average Bonchev–Trinajstić information content (AvgIpc) is 2.45. The topological polar surface area (TPSA) is 33.2 Å². The van der Waals surface area contributed by atoms with Gasteiger partial charge in [-0.15, -0.1) is 0 Å². The lowest BCUT2D eigenvalue weighted by atomic mass is 9.94. The maximum Gasteiger partial charge on any atom is 0.232 e. The monoisotopic (exact) mass is 286 g/mol. The van der Waals surface area contributed by atoms with E-state index in [1.54, 1.807) is 29.4 Å². The van der Waals surface area contributed by atoms with Crippen molar-refractivity contribution in [2.45, 2.75) is 27.3 Å². The summed E-state index contributed by atoms with van der Waals surface area (Å²) >= 11 is 0. The van der Waals surface area contributed by atoms with Crippen LogP contribution in [0.5, 0.6) is 0 Å². The third-order valence-corrected chi connectivity index (χ3v) is 3.09. The Balaban J connectivity index is 2.35. The molecule has 0 fully saturated rings. The van der Waals surface area contributed by atoms with Gasteiger partial charge in [0, 0.05) is 23.5 Å². The van der Waals surface area contributed by atoms with E-state index in [-0.39, 0.29) is 11.7 Å². The molecule has 0 aliphatic rings. The van der Waals surface area contributed by atoms with Gasteiger partial charge in [0.15, 0.2) is 0 Å². The summed E-state index contributed by atoms with van der Waals surface area (Å²) < 4.78 is 13.1. The molecule has 0 aliphatic heterocycles. The highest BCUT2D eigenvalue weighted by atomic mass is 19.1. The van der Waals surface area contributed by atoms with E-state index in [1.807, 2.05) is 32.9 Å². The van der Waals surface area contributed by atoms with Crippen LogP contribution in [0.1, 0.15) is 26.3 Å². The van der Waals surface area contributed by atoms with Crippen molar-refractivity contribution in [3.8, 4) is 0 Å². The number of rotatable bonds is 3. The van der Waals surface area contributed by atoms with Crippen LogP contribution in [0, 0.1) is 11.2 Å². The van der Waals surface area contributed by atoms with Crippen molar-refractivity contribution in [3.05, 3.63) is 60.2 Å². The van der Waals surface area contributed by atoms with Crippen LogP contribution >= 0.6 is 0 Å². The molecule has 0 N–H and O–H groups in total. The Bertz CT molecular complexity index is 603. The van der Waals surface area contributed by atoms with Crippen LogP contribution in [0.15, 0.2) is 48.8 Å². The molecule has 0 atom stereocenters. The van der Waals surface area contributed by atoms with E-state index >= 15 is 0 Å². The molecule has 2 aromatic rings. The molecule has 0 saturated heterocycles. The fraction of sp³-hybridized carbons (Fsp3) is 0.294. The van der Waals surface area contributed by atoms with Crippen LogP contribution in [-0.4, -0.2) is 10.9 Å². The average molecular weight is 286 g/mol. The first-order chi connectivity index (χ1) is 9.88. The van der Waals surface area contributed by atoms with E-state index < -0.39 is 5.41 Å². The summed E-state index contributed by atoms with van der Waals surface area (Å²) in [7, 11) is 0. The molecule has 0 radical (unpaired) electrons. The predicted molar refractivity (Wildman–Crippen MR) is 81.3 cm³/mol. The van der Waals surface area contributed by atoms with Crippen molar-refractivity contribution in [2.75, 3.05) is 4.90 Å². The molecule has 0 saturated carbocycles. The number of carbonyl (C=O) groups is 1. The minimum Gasteiger partial charge on any atom is -0.307 e. The van der Waals surface area contributed by atoms with Crippen LogP contribution in [0.25, 0.3) is 0 Å². The second kappa shape index (κ2) is 6.04. The van der Waals surface area contributed by atoms with E-state index in [4.69, 9.17) is 0 Å². The van der Waals surface area contributed by atoms with Gasteiger partial charge < -0.3 is 4.90 Å². The standard InChI is InChI=1S/C17H19FN2O/c1-17(2,3)16(21)20(12-13-5-4-10-19-11-13)15-8-6-14(18)7-9-15/h4-11H,12H2,1-3H3. The van der Waals surface area contributed by atoms with E-state index in [0.717, 1.165) is 5.56 Å². The Morgan fingerprint density at radius 3 is 2.38 bits per heavy atom. The molecule has 0 spiro atoms. The maximum absolute atomic E-state index is 13.1. The van der Waals surface area contributed by atoms with Crippen LogP contribution in [0.2, 0.25) is 0 Å². The Morgan fingerprint density at radius 1 is 1.19 bits per heavy atom. The summed E-state index contributed by atoms with van der Waals surface area (Å²) in [5.41, 5.74) is 1.09. The van der Waals surface area contributed by atoms with Crippen LogP contribution in [0.4, 0.5) is 10.1 Å². The molecule has 1 aromatic carbocycles. The summed E-state index contributed by atoms with van der Waals surface area (Å²) in [4.78, 5) is 18.4. The fourth-order valence-corrected chi connectivity index (χ4v) is 1.98. The summed E-state index contributed by atoms with van der Waals surface area (Å²) in [6.45, 7) is 6.02. The largest absolute Gasteiger partial charge is 0.307 e. The SMILES string of the molecule is CC(C)(C)C(=O)N(Cc1cccnc1)c1ccc(F)cc1. The Morgan fingerprint density at radius 2 is 1.86 bits per heavy atom.